The molecule has 0 spiro atoms. The summed E-state index contributed by atoms with van der Waals surface area (Å²) >= 11 is 0. The molecule has 1 nitrogen and oxygen atoms in total. The highest BCUT2D eigenvalue weighted by Crippen LogP contribution is 2.22. The third kappa shape index (κ3) is 2.25. The molecule has 0 aliphatic rings. The second-order valence-corrected chi connectivity index (χ2v) is 3.37. The van der Waals surface area contributed by atoms with Crippen molar-refractivity contribution in [3.63, 3.8) is 0 Å². The molecular formula is C13H17N. The van der Waals surface area contributed by atoms with Crippen molar-refractivity contribution in [1.29, 1.82) is 0 Å². The van der Waals surface area contributed by atoms with E-state index in [0.29, 0.717) is 0 Å². The average Bonchev–Trinajstić information content (AvgIpc) is 2.14. The summed E-state index contributed by atoms with van der Waals surface area (Å²) < 4.78 is 0. The molecule has 1 heteroatoms. The van der Waals surface area contributed by atoms with Crippen molar-refractivity contribution in [2.75, 3.05) is 5.32 Å². The van der Waals surface area contributed by atoms with Crippen LogP contribution in [0.25, 0.3) is 6.08 Å². The second-order valence-electron chi connectivity index (χ2n) is 3.37. The number of hydrogen-bond donors (Lipinski definition) is 1. The Bertz CT molecular complexity index is 362. The van der Waals surface area contributed by atoms with E-state index in [2.05, 4.69) is 44.0 Å². The topological polar surface area (TPSA) is 12.0 Å². The molecule has 1 N–H and O–H groups in total. The third-order valence-electron chi connectivity index (χ3n) is 2.27. The van der Waals surface area contributed by atoms with Gasteiger partial charge in [-0.25, -0.2) is 0 Å². The summed E-state index contributed by atoms with van der Waals surface area (Å²) in [7, 11) is 0. The quantitative estimate of drug-likeness (QED) is 0.757. The van der Waals surface area contributed by atoms with Crippen LogP contribution in [-0.4, -0.2) is 0 Å². The van der Waals surface area contributed by atoms with E-state index in [1.165, 1.54) is 16.7 Å². The van der Waals surface area contributed by atoms with Crippen molar-refractivity contribution in [2.24, 2.45) is 0 Å². The lowest BCUT2D eigenvalue weighted by Gasteiger charge is -2.09. The first kappa shape index (κ1) is 10.6. The van der Waals surface area contributed by atoms with E-state index < -0.39 is 0 Å². The fourth-order valence-electron chi connectivity index (χ4n) is 1.39. The molecule has 1 aromatic rings. The summed E-state index contributed by atoms with van der Waals surface area (Å²) in [5, 5.41) is 3.14. The Morgan fingerprint density at radius 3 is 2.43 bits per heavy atom. The van der Waals surface area contributed by atoms with E-state index in [1.807, 2.05) is 13.0 Å². The Hall–Kier alpha value is -1.50. The molecule has 0 aliphatic carbocycles. The molecule has 74 valence electrons. The Labute approximate surface area is 86.2 Å². The number of hydrogen-bond acceptors (Lipinski definition) is 1. The van der Waals surface area contributed by atoms with Crippen LogP contribution in [0, 0.1) is 13.8 Å². The maximum Gasteiger partial charge on any atom is 0.0455 e. The van der Waals surface area contributed by atoms with Gasteiger partial charge in [0.25, 0.3) is 0 Å². The van der Waals surface area contributed by atoms with E-state index in [0.717, 1.165) is 5.69 Å². The van der Waals surface area contributed by atoms with Gasteiger partial charge in [-0.2, -0.15) is 0 Å². The molecule has 0 heterocycles. The molecule has 0 aliphatic heterocycles. The number of benzene rings is 1. The number of allylic oxidation sites excluding steroid dienone is 1. The van der Waals surface area contributed by atoms with Gasteiger partial charge in [0.05, 0.1) is 0 Å². The van der Waals surface area contributed by atoms with Crippen molar-refractivity contribution < 1.29 is 0 Å². The van der Waals surface area contributed by atoms with Gasteiger partial charge < -0.3 is 5.32 Å². The molecule has 0 aromatic heterocycles. The minimum Gasteiger partial charge on any atom is -0.362 e. The molecule has 1 aromatic carbocycles. The Kier molecular flexibility index (Phi) is 3.52. The van der Waals surface area contributed by atoms with E-state index in [9.17, 15) is 0 Å². The second kappa shape index (κ2) is 4.66. The SMILES string of the molecule is C=CNc1cc(C)c(C)cc1/C=C/C. The maximum atomic E-state index is 3.67. The predicted molar refractivity (Wildman–Crippen MR) is 64.4 cm³/mol. The number of rotatable bonds is 3. The predicted octanol–water partition coefficient (Wildman–Crippen LogP) is 3.89. The van der Waals surface area contributed by atoms with Crippen molar-refractivity contribution in [3.05, 3.63) is 47.7 Å². The van der Waals surface area contributed by atoms with Gasteiger partial charge in [-0.3, -0.25) is 0 Å². The lowest BCUT2D eigenvalue weighted by Crippen LogP contribution is -1.93. The first-order valence-electron chi connectivity index (χ1n) is 4.80. The number of anilines is 1. The van der Waals surface area contributed by atoms with Gasteiger partial charge >= 0.3 is 0 Å². The zero-order valence-corrected chi connectivity index (χ0v) is 9.09. The third-order valence-corrected chi connectivity index (χ3v) is 2.27. The fraction of sp³-hybridized carbons (Fsp3) is 0.231. The zero-order valence-electron chi connectivity index (χ0n) is 9.09. The van der Waals surface area contributed by atoms with E-state index in [-0.39, 0.29) is 0 Å². The number of nitrogens with one attached hydrogen (secondary N) is 1. The van der Waals surface area contributed by atoms with Gasteiger partial charge in [-0.1, -0.05) is 18.7 Å². The summed E-state index contributed by atoms with van der Waals surface area (Å²) in [5.41, 5.74) is 4.92. The molecule has 0 atom stereocenters. The highest BCUT2D eigenvalue weighted by atomic mass is 14.8. The normalized spacial score (nSPS) is 10.5. The van der Waals surface area contributed by atoms with Crippen LogP contribution >= 0.6 is 0 Å². The molecule has 0 amide bonds. The van der Waals surface area contributed by atoms with Crippen molar-refractivity contribution in [3.8, 4) is 0 Å². The summed E-state index contributed by atoms with van der Waals surface area (Å²) in [5.74, 6) is 0. The average molecular weight is 187 g/mol. The van der Waals surface area contributed by atoms with Crippen molar-refractivity contribution >= 4 is 11.8 Å². The van der Waals surface area contributed by atoms with Crippen LogP contribution in [0.2, 0.25) is 0 Å². The summed E-state index contributed by atoms with van der Waals surface area (Å²) in [4.78, 5) is 0. The lowest BCUT2D eigenvalue weighted by atomic mass is 10.0. The summed E-state index contributed by atoms with van der Waals surface area (Å²) in [6, 6.07) is 4.33. The van der Waals surface area contributed by atoms with Gasteiger partial charge in [0, 0.05) is 5.69 Å². The first-order valence-corrected chi connectivity index (χ1v) is 4.80. The molecule has 14 heavy (non-hydrogen) atoms. The van der Waals surface area contributed by atoms with Crippen molar-refractivity contribution in [2.45, 2.75) is 20.8 Å². The van der Waals surface area contributed by atoms with Crippen LogP contribution in [0.15, 0.2) is 31.0 Å². The highest BCUT2D eigenvalue weighted by Gasteiger charge is 2.00. The number of aryl methyl sites for hydroxylation is 2. The van der Waals surface area contributed by atoms with E-state index >= 15 is 0 Å². The van der Waals surface area contributed by atoms with Crippen LogP contribution in [0.1, 0.15) is 23.6 Å². The van der Waals surface area contributed by atoms with Gasteiger partial charge in [0.2, 0.25) is 0 Å². The largest absolute Gasteiger partial charge is 0.362 e. The minimum absolute atomic E-state index is 1.11. The molecule has 1 rings (SSSR count). The van der Waals surface area contributed by atoms with Gasteiger partial charge in [-0.15, -0.1) is 0 Å². The van der Waals surface area contributed by atoms with Gasteiger partial charge in [0.15, 0.2) is 0 Å². The van der Waals surface area contributed by atoms with Crippen LogP contribution in [0.5, 0.6) is 0 Å². The molecule has 0 saturated carbocycles. The molecule has 0 radical (unpaired) electrons. The standard InChI is InChI=1S/C13H17N/c1-5-7-12-8-10(3)11(4)9-13(12)14-6-2/h5-9,14H,2H2,1,3-4H3/b7-5+. The van der Waals surface area contributed by atoms with Crippen molar-refractivity contribution in [1.82, 2.24) is 0 Å². The van der Waals surface area contributed by atoms with Crippen LogP contribution in [0.3, 0.4) is 0 Å². The van der Waals surface area contributed by atoms with Gasteiger partial charge in [0.1, 0.15) is 0 Å². The lowest BCUT2D eigenvalue weighted by molar-refractivity contribution is 1.33. The molecule has 0 unspecified atom stereocenters. The molecule has 0 fully saturated rings. The zero-order chi connectivity index (χ0) is 10.6. The van der Waals surface area contributed by atoms with Crippen LogP contribution in [0.4, 0.5) is 5.69 Å². The Morgan fingerprint density at radius 1 is 1.21 bits per heavy atom. The minimum atomic E-state index is 1.11. The van der Waals surface area contributed by atoms with Gasteiger partial charge in [-0.05, 0) is 55.8 Å². The Morgan fingerprint density at radius 2 is 1.86 bits per heavy atom. The summed E-state index contributed by atoms with van der Waals surface area (Å²) in [6.45, 7) is 9.93. The Balaban J connectivity index is 3.22. The molecular weight excluding hydrogens is 170 g/mol. The highest BCUT2D eigenvalue weighted by molar-refractivity contribution is 5.69. The van der Waals surface area contributed by atoms with Crippen LogP contribution in [-0.2, 0) is 0 Å². The monoisotopic (exact) mass is 187 g/mol. The van der Waals surface area contributed by atoms with E-state index in [1.54, 1.807) is 6.20 Å². The molecule has 0 bridgehead atoms. The first-order chi connectivity index (χ1) is 6.69. The van der Waals surface area contributed by atoms with Crippen LogP contribution < -0.4 is 5.32 Å². The smallest absolute Gasteiger partial charge is 0.0455 e. The maximum absolute atomic E-state index is 3.67. The summed E-state index contributed by atoms with van der Waals surface area (Å²) in [6.07, 6.45) is 5.84. The molecule has 0 saturated heterocycles. The van der Waals surface area contributed by atoms with E-state index in [4.69, 9.17) is 0 Å². The fourth-order valence-corrected chi connectivity index (χ4v) is 1.39.